The number of urea groups is 1. The molecule has 0 N–H and O–H groups in total. The first-order valence-corrected chi connectivity index (χ1v) is 14.2. The number of rotatable bonds is 12. The highest BCUT2D eigenvalue weighted by Gasteiger charge is 2.41. The lowest BCUT2D eigenvalue weighted by Crippen LogP contribution is -2.33. The minimum Gasteiger partial charge on any atom is -0.465 e. The Morgan fingerprint density at radius 1 is 1.02 bits per heavy atom. The number of ether oxygens (including phenoxy) is 1. The summed E-state index contributed by atoms with van der Waals surface area (Å²) in [5.41, 5.74) is 3.28. The van der Waals surface area contributed by atoms with Crippen LogP contribution in [0.25, 0.3) is 6.08 Å². The topological polar surface area (TPSA) is 97.6 Å². The van der Waals surface area contributed by atoms with Gasteiger partial charge in [0.05, 0.1) is 41.8 Å². The van der Waals surface area contributed by atoms with Crippen LogP contribution in [0.1, 0.15) is 77.7 Å². The molecule has 1 aliphatic heterocycles. The first kappa shape index (κ1) is 34.0. The van der Waals surface area contributed by atoms with Crippen molar-refractivity contribution in [1.29, 1.82) is 0 Å². The summed E-state index contributed by atoms with van der Waals surface area (Å²) in [6.45, 7) is 7.22. The molecule has 1 saturated heterocycles. The van der Waals surface area contributed by atoms with E-state index in [2.05, 4.69) is 28.4 Å². The molecule has 2 aromatic heterocycles. The standard InChI is InChI=1S/C29H35N5O4S.2ClH/c1-5-7-9-26-30-16-24(33(26)17-21-10-12-22(13-11-21)28(36)38-4)15-25-27(35)34(18-23-19-39-20(3)31-23)29(37)32(25)14-8-6-2;;/h10-13,15-16,19H,5-9,14,17-18H2,1-4H3;2*1H. The van der Waals surface area contributed by atoms with Crippen LogP contribution in [0.2, 0.25) is 0 Å². The number of amides is 3. The lowest BCUT2D eigenvalue weighted by Gasteiger charge is -2.17. The van der Waals surface area contributed by atoms with E-state index >= 15 is 0 Å². The summed E-state index contributed by atoms with van der Waals surface area (Å²) >= 11 is 1.50. The van der Waals surface area contributed by atoms with Gasteiger partial charge in [0.15, 0.2) is 0 Å². The number of thiazole rings is 1. The van der Waals surface area contributed by atoms with E-state index in [1.165, 1.54) is 23.3 Å². The van der Waals surface area contributed by atoms with Crippen LogP contribution < -0.4 is 0 Å². The monoisotopic (exact) mass is 621 g/mol. The van der Waals surface area contributed by atoms with E-state index in [9.17, 15) is 14.4 Å². The van der Waals surface area contributed by atoms with Gasteiger partial charge in [0, 0.05) is 24.9 Å². The molecule has 3 amide bonds. The van der Waals surface area contributed by atoms with E-state index in [1.807, 2.05) is 24.4 Å². The number of benzene rings is 1. The largest absolute Gasteiger partial charge is 0.465 e. The van der Waals surface area contributed by atoms with Gasteiger partial charge in [-0.15, -0.1) is 36.2 Å². The molecular formula is C29H37Cl2N5O4S. The van der Waals surface area contributed by atoms with Crippen molar-refractivity contribution in [2.24, 2.45) is 0 Å². The molecule has 0 radical (unpaired) electrons. The van der Waals surface area contributed by atoms with Gasteiger partial charge in [0.25, 0.3) is 5.91 Å². The maximum Gasteiger partial charge on any atom is 0.337 e. The molecule has 0 spiro atoms. The quantitative estimate of drug-likeness (QED) is 0.134. The van der Waals surface area contributed by atoms with Crippen molar-refractivity contribution in [3.05, 3.63) is 74.9 Å². The molecule has 222 valence electrons. The smallest absolute Gasteiger partial charge is 0.337 e. The summed E-state index contributed by atoms with van der Waals surface area (Å²) in [6, 6.07) is 6.95. The van der Waals surface area contributed by atoms with Crippen LogP contribution in [0.5, 0.6) is 0 Å². The number of unbranched alkanes of at least 4 members (excludes halogenated alkanes) is 2. The zero-order chi connectivity index (χ0) is 27.9. The number of hydrogen-bond donors (Lipinski definition) is 0. The fourth-order valence-corrected chi connectivity index (χ4v) is 5.10. The zero-order valence-corrected chi connectivity index (χ0v) is 26.2. The maximum atomic E-state index is 13.6. The van der Waals surface area contributed by atoms with Crippen molar-refractivity contribution in [2.75, 3.05) is 13.7 Å². The Bertz CT molecular complexity index is 1370. The number of imidazole rings is 1. The van der Waals surface area contributed by atoms with Gasteiger partial charge in [-0.05, 0) is 43.5 Å². The van der Waals surface area contributed by atoms with Crippen molar-refractivity contribution in [1.82, 2.24) is 24.3 Å². The van der Waals surface area contributed by atoms with Crippen molar-refractivity contribution in [3.63, 3.8) is 0 Å². The third-order valence-electron chi connectivity index (χ3n) is 6.66. The second-order valence-electron chi connectivity index (χ2n) is 9.54. The fraction of sp³-hybridized carbons (Fsp3) is 0.414. The van der Waals surface area contributed by atoms with Crippen molar-refractivity contribution < 1.29 is 19.1 Å². The van der Waals surface area contributed by atoms with Gasteiger partial charge in [-0.3, -0.25) is 14.6 Å². The predicted octanol–water partition coefficient (Wildman–Crippen LogP) is 6.27. The molecule has 12 heteroatoms. The number of methoxy groups -OCH3 is 1. The molecule has 1 fully saturated rings. The number of aryl methyl sites for hydroxylation is 2. The van der Waals surface area contributed by atoms with Gasteiger partial charge in [-0.25, -0.2) is 19.6 Å². The summed E-state index contributed by atoms with van der Waals surface area (Å²) < 4.78 is 6.89. The molecule has 0 aliphatic carbocycles. The molecule has 0 atom stereocenters. The van der Waals surface area contributed by atoms with Crippen molar-refractivity contribution in [2.45, 2.75) is 66.0 Å². The fourth-order valence-electron chi connectivity index (χ4n) is 4.49. The number of hydrogen-bond acceptors (Lipinski definition) is 7. The Morgan fingerprint density at radius 2 is 1.73 bits per heavy atom. The molecule has 41 heavy (non-hydrogen) atoms. The number of nitrogens with zero attached hydrogens (tertiary/aromatic N) is 5. The van der Waals surface area contributed by atoms with E-state index in [0.29, 0.717) is 30.0 Å². The van der Waals surface area contributed by atoms with E-state index in [0.717, 1.165) is 54.2 Å². The number of halogens is 2. The molecule has 9 nitrogen and oxygen atoms in total. The van der Waals surface area contributed by atoms with Crippen LogP contribution in [0, 0.1) is 6.92 Å². The first-order valence-electron chi connectivity index (χ1n) is 13.3. The average molecular weight is 623 g/mol. The molecule has 0 unspecified atom stereocenters. The molecule has 1 aromatic carbocycles. The molecule has 0 saturated carbocycles. The van der Waals surface area contributed by atoms with Crippen LogP contribution in [0.4, 0.5) is 4.79 Å². The van der Waals surface area contributed by atoms with Crippen LogP contribution in [-0.4, -0.2) is 55.9 Å². The summed E-state index contributed by atoms with van der Waals surface area (Å²) in [5, 5.41) is 2.78. The van der Waals surface area contributed by atoms with E-state index in [4.69, 9.17) is 4.74 Å². The van der Waals surface area contributed by atoms with Gasteiger partial charge < -0.3 is 9.30 Å². The summed E-state index contributed by atoms with van der Waals surface area (Å²) in [5.74, 6) is 0.201. The highest BCUT2D eigenvalue weighted by molar-refractivity contribution is 7.09. The third kappa shape index (κ3) is 7.96. The Labute approximate surface area is 257 Å². The van der Waals surface area contributed by atoms with Gasteiger partial charge in [0.1, 0.15) is 11.5 Å². The second kappa shape index (κ2) is 15.7. The SMILES string of the molecule is CCCCc1ncc(C=C2C(=O)N(Cc3csc(C)n3)C(=O)N2CCCC)n1Cc1ccc(C(=O)OC)cc1.Cl.Cl. The van der Waals surface area contributed by atoms with Gasteiger partial charge in [0.2, 0.25) is 0 Å². The average Bonchev–Trinajstić information content (AvgIpc) is 3.59. The van der Waals surface area contributed by atoms with E-state index in [-0.39, 0.29) is 49.3 Å². The zero-order valence-electron chi connectivity index (χ0n) is 23.8. The van der Waals surface area contributed by atoms with Gasteiger partial charge in [-0.2, -0.15) is 0 Å². The van der Waals surface area contributed by atoms with E-state index in [1.54, 1.807) is 29.3 Å². The summed E-state index contributed by atoms with van der Waals surface area (Å²) in [4.78, 5) is 50.8. The molecule has 3 aromatic rings. The van der Waals surface area contributed by atoms with E-state index < -0.39 is 0 Å². The van der Waals surface area contributed by atoms with Crippen molar-refractivity contribution in [3.8, 4) is 0 Å². The highest BCUT2D eigenvalue weighted by Crippen LogP contribution is 2.27. The summed E-state index contributed by atoms with van der Waals surface area (Å²) in [7, 11) is 1.36. The Balaban J connectivity index is 0.00000294. The van der Waals surface area contributed by atoms with Crippen LogP contribution in [0.3, 0.4) is 0 Å². The molecule has 4 rings (SSSR count). The van der Waals surface area contributed by atoms with Crippen molar-refractivity contribution >= 4 is 60.1 Å². The lowest BCUT2D eigenvalue weighted by molar-refractivity contribution is -0.123. The first-order chi connectivity index (χ1) is 18.9. The minimum absolute atomic E-state index is 0. The maximum absolute atomic E-state index is 13.6. The molecular weight excluding hydrogens is 585 g/mol. The third-order valence-corrected chi connectivity index (χ3v) is 7.48. The number of aromatic nitrogens is 3. The van der Waals surface area contributed by atoms with Crippen LogP contribution in [-0.2, 0) is 29.0 Å². The van der Waals surface area contributed by atoms with Gasteiger partial charge >= 0.3 is 12.0 Å². The number of carbonyl (C=O) groups excluding carboxylic acids is 3. The molecule has 0 bridgehead atoms. The van der Waals surface area contributed by atoms with Crippen LogP contribution >= 0.6 is 36.2 Å². The number of carbonyl (C=O) groups is 3. The predicted molar refractivity (Wildman–Crippen MR) is 165 cm³/mol. The molecule has 1 aliphatic rings. The Hall–Kier alpha value is -3.21. The summed E-state index contributed by atoms with van der Waals surface area (Å²) in [6.07, 6.45) is 8.04. The second-order valence-corrected chi connectivity index (χ2v) is 10.6. The van der Waals surface area contributed by atoms with Gasteiger partial charge in [-0.1, -0.05) is 38.8 Å². The highest BCUT2D eigenvalue weighted by atomic mass is 35.5. The normalized spacial score (nSPS) is 13.9. The Kier molecular flexibility index (Phi) is 13.0. The Morgan fingerprint density at radius 3 is 2.34 bits per heavy atom. The minimum atomic E-state index is -0.382. The lowest BCUT2D eigenvalue weighted by atomic mass is 10.1. The molecule has 3 heterocycles. The van der Waals surface area contributed by atoms with Crippen LogP contribution in [0.15, 0.2) is 41.5 Å². The number of imide groups is 1. The number of esters is 1.